The van der Waals surface area contributed by atoms with E-state index in [9.17, 15) is 21.6 Å². The van der Waals surface area contributed by atoms with Crippen molar-refractivity contribution in [3.8, 4) is 5.75 Å². The van der Waals surface area contributed by atoms with Gasteiger partial charge in [0.1, 0.15) is 4.90 Å². The zero-order chi connectivity index (χ0) is 18.2. The van der Waals surface area contributed by atoms with Crippen molar-refractivity contribution in [2.75, 3.05) is 4.72 Å². The number of hydrogen-bond donors (Lipinski definition) is 1. The van der Waals surface area contributed by atoms with Crippen LogP contribution in [0.15, 0.2) is 45.8 Å². The minimum atomic E-state index is -5.00. The van der Waals surface area contributed by atoms with E-state index < -0.39 is 27.0 Å². The van der Waals surface area contributed by atoms with Gasteiger partial charge in [-0.15, -0.1) is 13.2 Å². The Morgan fingerprint density at radius 2 is 1.76 bits per heavy atom. The maximum atomic E-state index is 12.6. The summed E-state index contributed by atoms with van der Waals surface area (Å²) in [7, 11) is -4.25. The van der Waals surface area contributed by atoms with Crippen LogP contribution in [0.1, 0.15) is 17.5 Å². The van der Waals surface area contributed by atoms with Crippen molar-refractivity contribution >= 4 is 31.6 Å². The van der Waals surface area contributed by atoms with Crippen LogP contribution in [0.4, 0.5) is 18.9 Å². The summed E-state index contributed by atoms with van der Waals surface area (Å²) >= 11 is 3.01. The van der Waals surface area contributed by atoms with Gasteiger partial charge in [0.2, 0.25) is 0 Å². The van der Waals surface area contributed by atoms with Crippen LogP contribution in [0, 0.1) is 0 Å². The zero-order valence-corrected chi connectivity index (χ0v) is 15.1. The summed E-state index contributed by atoms with van der Waals surface area (Å²) in [6, 6.07) is 8.49. The molecule has 0 atom stereocenters. The second-order valence-electron chi connectivity index (χ2n) is 5.58. The lowest BCUT2D eigenvalue weighted by molar-refractivity contribution is -0.275. The Hall–Kier alpha value is -1.74. The van der Waals surface area contributed by atoms with Crippen LogP contribution in [-0.2, 0) is 22.9 Å². The molecule has 1 N–H and O–H groups in total. The van der Waals surface area contributed by atoms with Crippen molar-refractivity contribution in [2.24, 2.45) is 0 Å². The molecule has 0 saturated heterocycles. The van der Waals surface area contributed by atoms with Gasteiger partial charge in [0.15, 0.2) is 5.75 Å². The van der Waals surface area contributed by atoms with Crippen LogP contribution < -0.4 is 9.46 Å². The van der Waals surface area contributed by atoms with E-state index >= 15 is 0 Å². The molecule has 0 aliphatic heterocycles. The lowest BCUT2D eigenvalue weighted by Crippen LogP contribution is -2.21. The number of aryl methyl sites for hydroxylation is 2. The second-order valence-corrected chi connectivity index (χ2v) is 8.15. The highest BCUT2D eigenvalue weighted by molar-refractivity contribution is 9.10. The Bertz CT molecular complexity index is 913. The van der Waals surface area contributed by atoms with Crippen molar-refractivity contribution < 1.29 is 26.3 Å². The molecule has 0 radical (unpaired) electrons. The molecule has 134 valence electrons. The highest BCUT2D eigenvalue weighted by Crippen LogP contribution is 2.34. The van der Waals surface area contributed by atoms with Gasteiger partial charge < -0.3 is 4.74 Å². The summed E-state index contributed by atoms with van der Waals surface area (Å²) in [5.41, 5.74) is 2.51. The molecule has 0 unspecified atom stereocenters. The van der Waals surface area contributed by atoms with Gasteiger partial charge in [-0.1, -0.05) is 22.0 Å². The van der Waals surface area contributed by atoms with E-state index in [1.54, 1.807) is 12.1 Å². The molecule has 0 spiro atoms. The molecule has 25 heavy (non-hydrogen) atoms. The number of anilines is 1. The summed E-state index contributed by atoms with van der Waals surface area (Å²) < 4.78 is 69.2. The molecule has 2 aromatic rings. The molecule has 0 saturated carbocycles. The van der Waals surface area contributed by atoms with Gasteiger partial charge in [0.05, 0.1) is 0 Å². The van der Waals surface area contributed by atoms with Gasteiger partial charge >= 0.3 is 6.36 Å². The number of nitrogens with one attached hydrogen (secondary N) is 1. The van der Waals surface area contributed by atoms with Gasteiger partial charge in [-0.05, 0) is 60.7 Å². The highest BCUT2D eigenvalue weighted by atomic mass is 79.9. The van der Waals surface area contributed by atoms with Crippen LogP contribution in [0.2, 0.25) is 0 Å². The van der Waals surface area contributed by atoms with Crippen molar-refractivity contribution in [1.29, 1.82) is 0 Å². The summed E-state index contributed by atoms with van der Waals surface area (Å²) in [5.74, 6) is -0.796. The first-order valence-electron chi connectivity index (χ1n) is 7.34. The number of halogens is 4. The largest absolute Gasteiger partial charge is 0.573 e. The SMILES string of the molecule is O=S(=O)(Nc1ccc2c(c1)CCC2)c1ccc(Br)cc1OC(F)(F)F. The topological polar surface area (TPSA) is 55.4 Å². The lowest BCUT2D eigenvalue weighted by Gasteiger charge is -2.15. The first kappa shape index (κ1) is 18.1. The maximum Gasteiger partial charge on any atom is 0.573 e. The van der Waals surface area contributed by atoms with Gasteiger partial charge in [-0.3, -0.25) is 4.72 Å². The predicted molar refractivity (Wildman–Crippen MR) is 90.1 cm³/mol. The van der Waals surface area contributed by atoms with E-state index in [4.69, 9.17) is 0 Å². The van der Waals surface area contributed by atoms with E-state index in [1.165, 1.54) is 6.07 Å². The van der Waals surface area contributed by atoms with Gasteiger partial charge in [0.25, 0.3) is 10.0 Å². The molecule has 0 bridgehead atoms. The smallest absolute Gasteiger partial charge is 0.404 e. The molecule has 0 amide bonds. The monoisotopic (exact) mass is 435 g/mol. The van der Waals surface area contributed by atoms with Crippen molar-refractivity contribution in [1.82, 2.24) is 0 Å². The number of fused-ring (bicyclic) bond motifs is 1. The van der Waals surface area contributed by atoms with Crippen molar-refractivity contribution in [3.63, 3.8) is 0 Å². The molecule has 0 fully saturated rings. The molecule has 4 nitrogen and oxygen atoms in total. The van der Waals surface area contributed by atoms with E-state index in [1.807, 2.05) is 6.07 Å². The Kier molecular flexibility index (Phi) is 4.72. The van der Waals surface area contributed by atoms with Crippen LogP contribution >= 0.6 is 15.9 Å². The molecule has 1 aliphatic carbocycles. The number of ether oxygens (including phenoxy) is 1. The normalized spacial score (nSPS) is 14.2. The zero-order valence-electron chi connectivity index (χ0n) is 12.7. The second kappa shape index (κ2) is 6.53. The van der Waals surface area contributed by atoms with Crippen LogP contribution in [0.3, 0.4) is 0 Å². The van der Waals surface area contributed by atoms with Crippen LogP contribution in [0.5, 0.6) is 5.75 Å². The standard InChI is InChI=1S/C16H13BrF3NO3S/c17-12-5-7-15(14(9-12)24-16(18,19)20)25(22,23)21-13-6-4-10-2-1-3-11(10)8-13/h4-9,21H,1-3H2. The van der Waals surface area contributed by atoms with Crippen LogP contribution in [-0.4, -0.2) is 14.8 Å². The molecule has 0 aromatic heterocycles. The third-order valence-corrected chi connectivity index (χ3v) is 5.69. The van der Waals surface area contributed by atoms with E-state index in [2.05, 4.69) is 25.4 Å². The van der Waals surface area contributed by atoms with Crippen LogP contribution in [0.25, 0.3) is 0 Å². The molecule has 1 aliphatic rings. The Morgan fingerprint density at radius 1 is 1.04 bits per heavy atom. The first-order chi connectivity index (χ1) is 11.6. The predicted octanol–water partition coefficient (Wildman–Crippen LogP) is 4.64. The number of sulfonamides is 1. The Labute approximate surface area is 151 Å². The molecular weight excluding hydrogens is 423 g/mol. The maximum absolute atomic E-state index is 12.6. The number of alkyl halides is 3. The quantitative estimate of drug-likeness (QED) is 0.760. The average Bonchev–Trinajstić information content (AvgIpc) is 2.92. The first-order valence-corrected chi connectivity index (χ1v) is 9.62. The number of hydrogen-bond acceptors (Lipinski definition) is 3. The fourth-order valence-corrected chi connectivity index (χ4v) is 4.25. The lowest BCUT2D eigenvalue weighted by atomic mass is 10.1. The van der Waals surface area contributed by atoms with Crippen molar-refractivity contribution in [2.45, 2.75) is 30.5 Å². The molecular formula is C16H13BrF3NO3S. The highest BCUT2D eigenvalue weighted by Gasteiger charge is 2.34. The summed E-state index contributed by atoms with van der Waals surface area (Å²) in [4.78, 5) is -0.589. The third kappa shape index (κ3) is 4.27. The van der Waals surface area contributed by atoms with E-state index in [0.717, 1.165) is 42.5 Å². The number of rotatable bonds is 4. The fourth-order valence-electron chi connectivity index (χ4n) is 2.75. The number of benzene rings is 2. The molecule has 0 heterocycles. The fraction of sp³-hybridized carbons (Fsp3) is 0.250. The average molecular weight is 436 g/mol. The summed E-state index contributed by atoms with van der Waals surface area (Å²) in [6.07, 6.45) is -2.20. The molecule has 3 rings (SSSR count). The minimum Gasteiger partial charge on any atom is -0.404 e. The Balaban J connectivity index is 1.94. The summed E-state index contributed by atoms with van der Waals surface area (Å²) in [5, 5.41) is 0. The minimum absolute atomic E-state index is 0.267. The van der Waals surface area contributed by atoms with E-state index in [-0.39, 0.29) is 4.47 Å². The molecule has 2 aromatic carbocycles. The van der Waals surface area contributed by atoms with Crippen molar-refractivity contribution in [3.05, 3.63) is 52.0 Å². The van der Waals surface area contributed by atoms with Gasteiger partial charge in [-0.2, -0.15) is 0 Å². The van der Waals surface area contributed by atoms with Gasteiger partial charge in [-0.25, -0.2) is 8.42 Å². The Morgan fingerprint density at radius 3 is 2.48 bits per heavy atom. The molecule has 9 heteroatoms. The summed E-state index contributed by atoms with van der Waals surface area (Å²) in [6.45, 7) is 0. The third-order valence-electron chi connectivity index (χ3n) is 3.77. The van der Waals surface area contributed by atoms with E-state index in [0.29, 0.717) is 5.69 Å². The van der Waals surface area contributed by atoms with Gasteiger partial charge in [0, 0.05) is 10.2 Å².